The SMILES string of the molecule is CC(C)CCCNC(=O)c1cc(NN)ccn1. The van der Waals surface area contributed by atoms with Gasteiger partial charge >= 0.3 is 0 Å². The standard InChI is InChI=1S/C12H20N4O/c1-9(2)4-3-6-15-12(17)11-8-10(16-13)5-7-14-11/h5,7-9H,3-4,6,13H2,1-2H3,(H,14,16)(H,15,17). The van der Waals surface area contributed by atoms with Crippen LogP contribution in [0.4, 0.5) is 5.69 Å². The van der Waals surface area contributed by atoms with Crippen molar-refractivity contribution in [1.29, 1.82) is 0 Å². The molecule has 5 heteroatoms. The molecule has 4 N–H and O–H groups in total. The van der Waals surface area contributed by atoms with Gasteiger partial charge in [-0.15, -0.1) is 0 Å². The van der Waals surface area contributed by atoms with E-state index in [-0.39, 0.29) is 5.91 Å². The van der Waals surface area contributed by atoms with E-state index in [1.807, 2.05) is 0 Å². The van der Waals surface area contributed by atoms with Gasteiger partial charge in [0.05, 0.1) is 5.69 Å². The summed E-state index contributed by atoms with van der Waals surface area (Å²) < 4.78 is 0. The second-order valence-electron chi connectivity index (χ2n) is 4.37. The zero-order valence-corrected chi connectivity index (χ0v) is 10.4. The summed E-state index contributed by atoms with van der Waals surface area (Å²) in [7, 11) is 0. The topological polar surface area (TPSA) is 80.0 Å². The van der Waals surface area contributed by atoms with Gasteiger partial charge in [0.25, 0.3) is 5.91 Å². The molecule has 1 aromatic heterocycles. The highest BCUT2D eigenvalue weighted by molar-refractivity contribution is 5.93. The lowest BCUT2D eigenvalue weighted by Gasteiger charge is -2.07. The van der Waals surface area contributed by atoms with Gasteiger partial charge in [-0.1, -0.05) is 13.8 Å². The maximum atomic E-state index is 11.7. The van der Waals surface area contributed by atoms with Gasteiger partial charge in [-0.3, -0.25) is 15.6 Å². The minimum Gasteiger partial charge on any atom is -0.351 e. The summed E-state index contributed by atoms with van der Waals surface area (Å²) in [5, 5.41) is 2.84. The van der Waals surface area contributed by atoms with E-state index in [4.69, 9.17) is 5.84 Å². The number of nitrogens with two attached hydrogens (primary N) is 1. The van der Waals surface area contributed by atoms with E-state index in [0.29, 0.717) is 23.8 Å². The highest BCUT2D eigenvalue weighted by Crippen LogP contribution is 2.06. The smallest absolute Gasteiger partial charge is 0.269 e. The number of hydrogen-bond donors (Lipinski definition) is 3. The molecule has 1 amide bonds. The Balaban J connectivity index is 2.41. The lowest BCUT2D eigenvalue weighted by atomic mass is 10.1. The minimum atomic E-state index is -0.161. The molecule has 0 atom stereocenters. The number of aromatic nitrogens is 1. The summed E-state index contributed by atoms with van der Waals surface area (Å²) in [6.45, 7) is 5.01. The first kappa shape index (κ1) is 13.4. The normalized spacial score (nSPS) is 10.4. The average Bonchev–Trinajstić information content (AvgIpc) is 2.34. The first-order chi connectivity index (χ1) is 8.13. The number of nitrogens with one attached hydrogen (secondary N) is 2. The summed E-state index contributed by atoms with van der Waals surface area (Å²) in [6, 6.07) is 3.33. The van der Waals surface area contributed by atoms with Crippen molar-refractivity contribution in [2.24, 2.45) is 11.8 Å². The van der Waals surface area contributed by atoms with Gasteiger partial charge in [0.15, 0.2) is 0 Å². The molecule has 1 heterocycles. The van der Waals surface area contributed by atoms with Crippen molar-refractivity contribution >= 4 is 11.6 Å². The quantitative estimate of drug-likeness (QED) is 0.397. The lowest BCUT2D eigenvalue weighted by molar-refractivity contribution is 0.0947. The molecule has 0 saturated heterocycles. The zero-order valence-electron chi connectivity index (χ0n) is 10.4. The highest BCUT2D eigenvalue weighted by atomic mass is 16.1. The second-order valence-corrected chi connectivity index (χ2v) is 4.37. The van der Waals surface area contributed by atoms with Crippen LogP contribution < -0.4 is 16.6 Å². The van der Waals surface area contributed by atoms with Crippen molar-refractivity contribution in [3.8, 4) is 0 Å². The molecule has 17 heavy (non-hydrogen) atoms. The summed E-state index contributed by atoms with van der Waals surface area (Å²) in [6.07, 6.45) is 3.65. The molecule has 1 rings (SSSR count). The van der Waals surface area contributed by atoms with E-state index in [0.717, 1.165) is 12.8 Å². The Morgan fingerprint density at radius 1 is 1.53 bits per heavy atom. The molecule has 0 radical (unpaired) electrons. The fourth-order valence-corrected chi connectivity index (χ4v) is 1.45. The number of nitrogens with zero attached hydrogens (tertiary/aromatic N) is 1. The zero-order chi connectivity index (χ0) is 12.7. The number of hydrogen-bond acceptors (Lipinski definition) is 4. The number of amides is 1. The van der Waals surface area contributed by atoms with Gasteiger partial charge in [-0.25, -0.2) is 0 Å². The van der Waals surface area contributed by atoms with E-state index in [1.165, 1.54) is 0 Å². The Morgan fingerprint density at radius 2 is 2.29 bits per heavy atom. The number of rotatable bonds is 6. The van der Waals surface area contributed by atoms with Crippen LogP contribution in [0.2, 0.25) is 0 Å². The van der Waals surface area contributed by atoms with E-state index >= 15 is 0 Å². The first-order valence-electron chi connectivity index (χ1n) is 5.84. The molecule has 94 valence electrons. The number of hydrazine groups is 1. The minimum absolute atomic E-state index is 0.161. The van der Waals surface area contributed by atoms with Crippen molar-refractivity contribution < 1.29 is 4.79 Å². The molecule has 0 aliphatic rings. The number of pyridine rings is 1. The third-order valence-corrected chi connectivity index (χ3v) is 2.40. The van der Waals surface area contributed by atoms with Crippen LogP contribution in [0.25, 0.3) is 0 Å². The Bertz CT molecular complexity index is 365. The summed E-state index contributed by atoms with van der Waals surface area (Å²) in [4.78, 5) is 15.7. The summed E-state index contributed by atoms with van der Waals surface area (Å²) >= 11 is 0. The molecule has 0 aromatic carbocycles. The van der Waals surface area contributed by atoms with E-state index < -0.39 is 0 Å². The van der Waals surface area contributed by atoms with Crippen LogP contribution in [0.1, 0.15) is 37.2 Å². The monoisotopic (exact) mass is 236 g/mol. The van der Waals surface area contributed by atoms with Crippen LogP contribution in [-0.2, 0) is 0 Å². The van der Waals surface area contributed by atoms with Crippen LogP contribution in [0, 0.1) is 5.92 Å². The molecule has 0 saturated carbocycles. The van der Waals surface area contributed by atoms with Gasteiger partial charge in [0.2, 0.25) is 0 Å². The summed E-state index contributed by atoms with van der Waals surface area (Å²) in [5.74, 6) is 5.76. The summed E-state index contributed by atoms with van der Waals surface area (Å²) in [5.41, 5.74) is 3.54. The Morgan fingerprint density at radius 3 is 2.94 bits per heavy atom. The van der Waals surface area contributed by atoms with E-state index in [1.54, 1.807) is 18.3 Å². The largest absolute Gasteiger partial charge is 0.351 e. The van der Waals surface area contributed by atoms with E-state index in [2.05, 4.69) is 29.6 Å². The van der Waals surface area contributed by atoms with Crippen molar-refractivity contribution in [2.75, 3.05) is 12.0 Å². The second kappa shape index (κ2) is 6.85. The van der Waals surface area contributed by atoms with Crippen molar-refractivity contribution in [3.63, 3.8) is 0 Å². The van der Waals surface area contributed by atoms with Gasteiger partial charge in [-0.05, 0) is 30.9 Å². The molecule has 5 nitrogen and oxygen atoms in total. The van der Waals surface area contributed by atoms with Gasteiger partial charge in [0.1, 0.15) is 5.69 Å². The van der Waals surface area contributed by atoms with Crippen molar-refractivity contribution in [2.45, 2.75) is 26.7 Å². The number of carbonyl (C=O) groups is 1. The van der Waals surface area contributed by atoms with Crippen molar-refractivity contribution in [1.82, 2.24) is 10.3 Å². The highest BCUT2D eigenvalue weighted by Gasteiger charge is 2.06. The number of carbonyl (C=O) groups excluding carboxylic acids is 1. The maximum Gasteiger partial charge on any atom is 0.269 e. The van der Waals surface area contributed by atoms with Crippen molar-refractivity contribution in [3.05, 3.63) is 24.0 Å². The Hall–Kier alpha value is -1.62. The molecule has 0 unspecified atom stereocenters. The van der Waals surface area contributed by atoms with E-state index in [9.17, 15) is 4.79 Å². The number of anilines is 1. The molecule has 1 aromatic rings. The molecular weight excluding hydrogens is 216 g/mol. The van der Waals surface area contributed by atoms with Crippen LogP contribution in [-0.4, -0.2) is 17.4 Å². The van der Waals surface area contributed by atoms with Crippen LogP contribution in [0.15, 0.2) is 18.3 Å². The molecule has 0 spiro atoms. The van der Waals surface area contributed by atoms with Gasteiger partial charge in [-0.2, -0.15) is 0 Å². The van der Waals surface area contributed by atoms with Crippen LogP contribution in [0.5, 0.6) is 0 Å². The maximum absolute atomic E-state index is 11.7. The average molecular weight is 236 g/mol. The molecular formula is C12H20N4O. The first-order valence-corrected chi connectivity index (χ1v) is 5.84. The predicted molar refractivity (Wildman–Crippen MR) is 68.5 cm³/mol. The third-order valence-electron chi connectivity index (χ3n) is 2.40. The Labute approximate surface area is 102 Å². The molecule has 0 fully saturated rings. The van der Waals surface area contributed by atoms with Gasteiger partial charge < -0.3 is 10.7 Å². The van der Waals surface area contributed by atoms with Crippen LogP contribution >= 0.6 is 0 Å². The lowest BCUT2D eigenvalue weighted by Crippen LogP contribution is -2.25. The number of nitrogen functional groups attached to an aromatic ring is 1. The molecule has 0 aliphatic heterocycles. The molecule has 0 aliphatic carbocycles. The third kappa shape index (κ3) is 4.82. The fraction of sp³-hybridized carbons (Fsp3) is 0.500. The predicted octanol–water partition coefficient (Wildman–Crippen LogP) is 1.53. The Kier molecular flexibility index (Phi) is 5.42. The van der Waals surface area contributed by atoms with Crippen LogP contribution in [0.3, 0.4) is 0 Å². The molecule has 0 bridgehead atoms. The van der Waals surface area contributed by atoms with Gasteiger partial charge in [0, 0.05) is 12.7 Å². The fourth-order valence-electron chi connectivity index (χ4n) is 1.45.